The lowest BCUT2D eigenvalue weighted by Crippen LogP contribution is -2.16. The van der Waals surface area contributed by atoms with Crippen molar-refractivity contribution in [2.75, 3.05) is 13.2 Å². The van der Waals surface area contributed by atoms with Gasteiger partial charge in [0, 0.05) is 11.5 Å². The summed E-state index contributed by atoms with van der Waals surface area (Å²) in [6.07, 6.45) is 0. The molecule has 0 aromatic heterocycles. The molecule has 3 rings (SSSR count). The smallest absolute Gasteiger partial charge is 0.343 e. The van der Waals surface area contributed by atoms with Crippen LogP contribution in [0.5, 0.6) is 11.5 Å². The molecule has 0 heterocycles. The molecular weight excluding hydrogens is 382 g/mol. The van der Waals surface area contributed by atoms with Crippen LogP contribution in [0.1, 0.15) is 44.7 Å². The number of rotatable bonds is 8. The zero-order chi connectivity index (χ0) is 21.5. The van der Waals surface area contributed by atoms with E-state index in [0.29, 0.717) is 28.2 Å². The van der Waals surface area contributed by atoms with Gasteiger partial charge in [-0.25, -0.2) is 4.79 Å². The van der Waals surface area contributed by atoms with Crippen molar-refractivity contribution < 1.29 is 24.2 Å². The molecule has 6 heteroatoms. The average Bonchev–Trinajstić information content (AvgIpc) is 2.77. The topological polar surface area (TPSA) is 98.8 Å². The molecule has 0 fully saturated rings. The van der Waals surface area contributed by atoms with Crippen LogP contribution in [0.15, 0.2) is 72.8 Å². The number of nitrogens with two attached hydrogens (primary N) is 1. The molecule has 0 aliphatic carbocycles. The normalized spacial score (nSPS) is 11.5. The molecule has 154 valence electrons. The molecule has 3 aromatic rings. The average molecular weight is 405 g/mol. The third-order valence-electron chi connectivity index (χ3n) is 4.72. The number of esters is 1. The fourth-order valence-electron chi connectivity index (χ4n) is 3.12. The van der Waals surface area contributed by atoms with Crippen molar-refractivity contribution in [1.29, 1.82) is 0 Å². The van der Waals surface area contributed by atoms with Crippen LogP contribution in [0.25, 0.3) is 0 Å². The molecule has 0 spiro atoms. The predicted molar refractivity (Wildman–Crippen MR) is 113 cm³/mol. The first kappa shape index (κ1) is 21.1. The second kappa shape index (κ2) is 9.71. The van der Waals surface area contributed by atoms with Crippen molar-refractivity contribution in [3.8, 4) is 11.5 Å². The predicted octanol–water partition coefficient (Wildman–Crippen LogP) is 3.53. The van der Waals surface area contributed by atoms with Crippen LogP contribution in [-0.4, -0.2) is 30.2 Å². The molecule has 1 amide bonds. The van der Waals surface area contributed by atoms with E-state index in [0.717, 1.165) is 5.56 Å². The van der Waals surface area contributed by atoms with Crippen molar-refractivity contribution in [3.05, 3.63) is 95.1 Å². The summed E-state index contributed by atoms with van der Waals surface area (Å²) in [7, 11) is 0. The highest BCUT2D eigenvalue weighted by Gasteiger charge is 2.18. The number of carbonyl (C=O) groups is 2. The van der Waals surface area contributed by atoms with Crippen molar-refractivity contribution >= 4 is 11.9 Å². The van der Waals surface area contributed by atoms with E-state index in [1.54, 1.807) is 42.5 Å². The third kappa shape index (κ3) is 5.04. The molecule has 0 aliphatic heterocycles. The molecular formula is C24H23NO5. The first-order valence-electron chi connectivity index (χ1n) is 9.54. The van der Waals surface area contributed by atoms with Crippen LogP contribution in [0, 0.1) is 0 Å². The van der Waals surface area contributed by atoms with Crippen LogP contribution in [0.3, 0.4) is 0 Å². The van der Waals surface area contributed by atoms with E-state index in [1.165, 1.54) is 0 Å². The summed E-state index contributed by atoms with van der Waals surface area (Å²) in [6, 6.07) is 20.9. The second-order valence-electron chi connectivity index (χ2n) is 6.73. The molecule has 0 bridgehead atoms. The van der Waals surface area contributed by atoms with E-state index < -0.39 is 11.9 Å². The Morgan fingerprint density at radius 1 is 0.967 bits per heavy atom. The van der Waals surface area contributed by atoms with Gasteiger partial charge in [-0.05, 0) is 53.6 Å². The maximum Gasteiger partial charge on any atom is 0.343 e. The van der Waals surface area contributed by atoms with Gasteiger partial charge in [-0.2, -0.15) is 0 Å². The first-order chi connectivity index (χ1) is 14.5. The number of carbonyl (C=O) groups excluding carboxylic acids is 2. The van der Waals surface area contributed by atoms with Gasteiger partial charge in [0.05, 0.1) is 12.2 Å². The van der Waals surface area contributed by atoms with Crippen molar-refractivity contribution in [2.24, 2.45) is 5.73 Å². The Morgan fingerprint density at radius 3 is 2.27 bits per heavy atom. The lowest BCUT2D eigenvalue weighted by Gasteiger charge is -2.17. The van der Waals surface area contributed by atoms with Crippen molar-refractivity contribution in [2.45, 2.75) is 12.8 Å². The molecule has 0 radical (unpaired) electrons. The highest BCUT2D eigenvalue weighted by atomic mass is 16.5. The van der Waals surface area contributed by atoms with Gasteiger partial charge in [-0.15, -0.1) is 0 Å². The lowest BCUT2D eigenvalue weighted by molar-refractivity contribution is 0.0734. The van der Waals surface area contributed by atoms with Gasteiger partial charge >= 0.3 is 5.97 Å². The van der Waals surface area contributed by atoms with E-state index in [4.69, 9.17) is 20.3 Å². The second-order valence-corrected chi connectivity index (χ2v) is 6.73. The Kier molecular flexibility index (Phi) is 6.83. The number of aliphatic hydroxyl groups is 1. The van der Waals surface area contributed by atoms with Gasteiger partial charge < -0.3 is 20.3 Å². The molecule has 30 heavy (non-hydrogen) atoms. The van der Waals surface area contributed by atoms with Gasteiger partial charge in [0.25, 0.3) is 0 Å². The van der Waals surface area contributed by atoms with Crippen LogP contribution in [0.2, 0.25) is 0 Å². The zero-order valence-corrected chi connectivity index (χ0v) is 16.6. The van der Waals surface area contributed by atoms with E-state index >= 15 is 0 Å². The Morgan fingerprint density at radius 2 is 1.63 bits per heavy atom. The van der Waals surface area contributed by atoms with Gasteiger partial charge in [0.1, 0.15) is 18.1 Å². The fourth-order valence-corrected chi connectivity index (χ4v) is 3.12. The first-order valence-corrected chi connectivity index (χ1v) is 9.54. The summed E-state index contributed by atoms with van der Waals surface area (Å²) in [4.78, 5) is 24.4. The summed E-state index contributed by atoms with van der Waals surface area (Å²) >= 11 is 0. The summed E-state index contributed by atoms with van der Waals surface area (Å²) < 4.78 is 10.8. The summed E-state index contributed by atoms with van der Waals surface area (Å²) in [5.74, 6) is -0.318. The lowest BCUT2D eigenvalue weighted by atomic mass is 9.89. The molecule has 3 N–H and O–H groups in total. The van der Waals surface area contributed by atoms with Crippen molar-refractivity contribution in [3.63, 3.8) is 0 Å². The van der Waals surface area contributed by atoms with Crippen LogP contribution in [-0.2, 0) is 0 Å². The Bertz CT molecular complexity index is 1020. The van der Waals surface area contributed by atoms with Crippen LogP contribution < -0.4 is 15.2 Å². The van der Waals surface area contributed by atoms with E-state index in [2.05, 4.69) is 0 Å². The van der Waals surface area contributed by atoms with E-state index in [-0.39, 0.29) is 19.1 Å². The molecule has 6 nitrogen and oxygen atoms in total. The Hall–Kier alpha value is -3.64. The highest BCUT2D eigenvalue weighted by molar-refractivity contribution is 5.95. The third-order valence-corrected chi connectivity index (χ3v) is 4.72. The van der Waals surface area contributed by atoms with Crippen molar-refractivity contribution in [1.82, 2.24) is 0 Å². The van der Waals surface area contributed by atoms with E-state index in [1.807, 2.05) is 37.3 Å². The largest absolute Gasteiger partial charge is 0.491 e. The number of hydrogen-bond acceptors (Lipinski definition) is 5. The number of primary amides is 1. The number of benzene rings is 3. The number of amides is 1. The summed E-state index contributed by atoms with van der Waals surface area (Å²) in [5, 5.41) is 8.79. The van der Waals surface area contributed by atoms with Crippen LogP contribution >= 0.6 is 0 Å². The fraction of sp³-hybridized carbons (Fsp3) is 0.167. The molecule has 0 unspecified atom stereocenters. The monoisotopic (exact) mass is 405 g/mol. The standard InChI is InChI=1S/C24H23NO5/c1-16(17-5-3-2-4-6-17)22-15-20(11-12-21(22)23(25)27)30-24(28)18-7-9-19(10-8-18)29-14-13-26/h2-12,15-16,26H,13-14H2,1H3,(H2,25,27)/t16-/m1/s1. The van der Waals surface area contributed by atoms with Gasteiger partial charge in [0.2, 0.25) is 5.91 Å². The minimum Gasteiger partial charge on any atom is -0.491 e. The van der Waals surface area contributed by atoms with Gasteiger partial charge in [0.15, 0.2) is 0 Å². The maximum atomic E-state index is 12.5. The molecule has 0 saturated carbocycles. The maximum absolute atomic E-state index is 12.5. The Balaban J connectivity index is 1.82. The number of ether oxygens (including phenoxy) is 2. The molecule has 3 aromatic carbocycles. The molecule has 0 saturated heterocycles. The summed E-state index contributed by atoms with van der Waals surface area (Å²) in [5.41, 5.74) is 7.99. The minimum atomic E-state index is -0.538. The Labute approximate surface area is 174 Å². The van der Waals surface area contributed by atoms with Gasteiger partial charge in [-0.3, -0.25) is 4.79 Å². The highest BCUT2D eigenvalue weighted by Crippen LogP contribution is 2.30. The zero-order valence-electron chi connectivity index (χ0n) is 16.6. The molecule has 0 aliphatic rings. The van der Waals surface area contributed by atoms with E-state index in [9.17, 15) is 9.59 Å². The van der Waals surface area contributed by atoms with Crippen LogP contribution in [0.4, 0.5) is 0 Å². The SMILES string of the molecule is C[C@H](c1ccccc1)c1cc(OC(=O)c2ccc(OCCO)cc2)ccc1C(N)=O. The minimum absolute atomic E-state index is 0.0885. The van der Waals surface area contributed by atoms with Gasteiger partial charge in [-0.1, -0.05) is 37.3 Å². The summed E-state index contributed by atoms with van der Waals surface area (Å²) in [6.45, 7) is 2.06. The number of hydrogen-bond donors (Lipinski definition) is 2. The number of aliphatic hydroxyl groups excluding tert-OH is 1. The molecule has 1 atom stereocenters. The quantitative estimate of drug-likeness (QED) is 0.441.